The van der Waals surface area contributed by atoms with Crippen molar-refractivity contribution in [1.29, 1.82) is 0 Å². The topological polar surface area (TPSA) is 124 Å². The van der Waals surface area contributed by atoms with Crippen LogP contribution in [0, 0.1) is 11.8 Å². The smallest absolute Gasteiger partial charge is 0.410 e. The quantitative estimate of drug-likeness (QED) is 0.101. The Labute approximate surface area is 231 Å². The summed E-state index contributed by atoms with van der Waals surface area (Å²) in [6.45, 7) is 9.44. The molecule has 0 bridgehead atoms. The van der Waals surface area contributed by atoms with Crippen LogP contribution in [-0.4, -0.2) is 131 Å². The predicted octanol–water partition coefficient (Wildman–Crippen LogP) is 1.28. The zero-order valence-electron chi connectivity index (χ0n) is 23.4. The third kappa shape index (κ3) is 13.7. The highest BCUT2D eigenvalue weighted by Crippen LogP contribution is 2.25. The van der Waals surface area contributed by atoms with Gasteiger partial charge < -0.3 is 33.5 Å². The lowest BCUT2D eigenvalue weighted by atomic mass is 9.94. The Morgan fingerprint density at radius 1 is 0.868 bits per heavy atom. The fourth-order valence-corrected chi connectivity index (χ4v) is 3.57. The van der Waals surface area contributed by atoms with Crippen LogP contribution in [0.25, 0.3) is 0 Å². The Morgan fingerprint density at radius 2 is 1.37 bits per heavy atom. The number of carbonyl (C=O) groups is 4. The molecule has 12 nitrogen and oxygen atoms in total. The molecule has 1 aliphatic heterocycles. The van der Waals surface area contributed by atoms with Crippen LogP contribution in [0.2, 0.25) is 0 Å². The molecule has 13 heteroatoms. The van der Waals surface area contributed by atoms with Crippen molar-refractivity contribution in [3.8, 4) is 0 Å². The maximum atomic E-state index is 12.2. The molecule has 1 fully saturated rings. The molecule has 1 rings (SSSR count). The summed E-state index contributed by atoms with van der Waals surface area (Å²) in [5.41, 5.74) is -0.491. The highest BCUT2D eigenvalue weighted by Gasteiger charge is 2.39. The van der Waals surface area contributed by atoms with E-state index in [-0.39, 0.29) is 55.6 Å². The van der Waals surface area contributed by atoms with E-state index in [1.54, 1.807) is 25.9 Å². The van der Waals surface area contributed by atoms with E-state index in [0.29, 0.717) is 59.3 Å². The number of ether oxygens (including phenoxy) is 5. The van der Waals surface area contributed by atoms with Gasteiger partial charge in [0, 0.05) is 39.5 Å². The minimum Gasteiger partial charge on any atom is -0.436 e. The van der Waals surface area contributed by atoms with Crippen molar-refractivity contribution < 1.29 is 42.9 Å². The molecule has 1 heterocycles. The third-order valence-corrected chi connectivity index (χ3v) is 6.00. The number of thiol groups is 1. The van der Waals surface area contributed by atoms with Gasteiger partial charge in [0.1, 0.15) is 5.44 Å². The summed E-state index contributed by atoms with van der Waals surface area (Å²) in [6.07, 6.45) is 0.0378. The average molecular weight is 564 g/mol. The maximum Gasteiger partial charge on any atom is 0.410 e. The molecule has 0 aromatic heterocycles. The van der Waals surface area contributed by atoms with Gasteiger partial charge in [0.2, 0.25) is 17.7 Å². The minimum atomic E-state index is -0.491. The first-order valence-corrected chi connectivity index (χ1v) is 13.5. The molecule has 0 N–H and O–H groups in total. The number of likely N-dealkylation sites (tertiary alicyclic amines) is 1. The van der Waals surface area contributed by atoms with Gasteiger partial charge in [-0.1, -0.05) is 13.8 Å². The lowest BCUT2D eigenvalue weighted by molar-refractivity contribution is -0.140. The second-order valence-corrected chi connectivity index (χ2v) is 10.1. The minimum absolute atomic E-state index is 0.0794. The van der Waals surface area contributed by atoms with Crippen LogP contribution in [0.1, 0.15) is 33.6 Å². The van der Waals surface area contributed by atoms with Crippen LogP contribution in [0.5, 0.6) is 0 Å². The zero-order chi connectivity index (χ0) is 28.5. The number of hydrogen-bond acceptors (Lipinski definition) is 10. The van der Waals surface area contributed by atoms with Crippen molar-refractivity contribution in [2.75, 3.05) is 86.6 Å². The molecule has 0 aliphatic carbocycles. The second-order valence-electron chi connectivity index (χ2n) is 9.36. The lowest BCUT2D eigenvalue weighted by Gasteiger charge is -2.22. The van der Waals surface area contributed by atoms with Crippen LogP contribution >= 0.6 is 12.6 Å². The molecule has 0 radical (unpaired) electrons. The van der Waals surface area contributed by atoms with Crippen molar-refractivity contribution in [3.05, 3.63) is 0 Å². The average Bonchev–Trinajstić information content (AvgIpc) is 3.15. The Hall–Kier alpha value is -1.93. The second kappa shape index (κ2) is 19.2. The predicted molar refractivity (Wildman–Crippen MR) is 143 cm³/mol. The summed E-state index contributed by atoms with van der Waals surface area (Å²) < 4.78 is 26.7. The van der Waals surface area contributed by atoms with Crippen LogP contribution in [0.15, 0.2) is 0 Å². The summed E-state index contributed by atoms with van der Waals surface area (Å²) >= 11 is 4.01. The van der Waals surface area contributed by atoms with Gasteiger partial charge in [-0.15, -0.1) is 12.6 Å². The summed E-state index contributed by atoms with van der Waals surface area (Å²) in [7, 11) is 3.28. The van der Waals surface area contributed by atoms with Gasteiger partial charge in [0.15, 0.2) is 0 Å². The fourth-order valence-electron chi connectivity index (χ4n) is 3.48. The first kappa shape index (κ1) is 34.1. The van der Waals surface area contributed by atoms with E-state index in [0.717, 1.165) is 0 Å². The molecule has 2 unspecified atom stereocenters. The molecule has 2 atom stereocenters. The van der Waals surface area contributed by atoms with Crippen LogP contribution in [0.4, 0.5) is 4.79 Å². The van der Waals surface area contributed by atoms with E-state index in [4.69, 9.17) is 23.7 Å². The van der Waals surface area contributed by atoms with E-state index >= 15 is 0 Å². The van der Waals surface area contributed by atoms with Gasteiger partial charge in [-0.25, -0.2) is 4.79 Å². The molecule has 0 aromatic rings. The van der Waals surface area contributed by atoms with Gasteiger partial charge >= 0.3 is 6.09 Å². The summed E-state index contributed by atoms with van der Waals surface area (Å²) in [5, 5.41) is 0. The summed E-state index contributed by atoms with van der Waals surface area (Å²) in [5.74, 6) is -0.373. The SMILES string of the molecule is CC(S)OC(=O)N(C)CCN(C)C(=O)CCOCCOCCOCCOCCN1C(=O)CC(C(C)C)C1=O. The van der Waals surface area contributed by atoms with E-state index in [1.165, 1.54) is 9.80 Å². The van der Waals surface area contributed by atoms with Gasteiger partial charge in [-0.3, -0.25) is 19.3 Å². The monoisotopic (exact) mass is 563 g/mol. The van der Waals surface area contributed by atoms with Crippen LogP contribution in [-0.2, 0) is 38.1 Å². The Kier molecular flexibility index (Phi) is 17.2. The standard InChI is InChI=1S/C25H45N3O9S/c1-19(2)21-18-23(30)28(24(21)31)9-11-34-13-15-36-17-16-35-14-12-33-10-6-22(29)26(4)7-8-27(5)25(32)37-20(3)38/h19-21,38H,6-18H2,1-5H3. The highest BCUT2D eigenvalue weighted by molar-refractivity contribution is 7.80. The van der Waals surface area contributed by atoms with Gasteiger partial charge in [-0.2, -0.15) is 0 Å². The number of rotatable bonds is 20. The zero-order valence-corrected chi connectivity index (χ0v) is 24.3. The van der Waals surface area contributed by atoms with Crippen molar-refractivity contribution in [2.45, 2.75) is 39.0 Å². The number of imide groups is 1. The summed E-state index contributed by atoms with van der Waals surface area (Å²) in [6, 6.07) is 0. The molecule has 38 heavy (non-hydrogen) atoms. The van der Waals surface area contributed by atoms with E-state index < -0.39 is 11.5 Å². The normalized spacial score (nSPS) is 16.3. The summed E-state index contributed by atoms with van der Waals surface area (Å²) in [4.78, 5) is 52.3. The van der Waals surface area contributed by atoms with Crippen molar-refractivity contribution in [1.82, 2.24) is 14.7 Å². The van der Waals surface area contributed by atoms with Crippen LogP contribution < -0.4 is 0 Å². The molecule has 4 amide bonds. The van der Waals surface area contributed by atoms with E-state index in [2.05, 4.69) is 12.6 Å². The number of hydrogen-bond donors (Lipinski definition) is 1. The molecular formula is C25H45N3O9S. The maximum absolute atomic E-state index is 12.2. The largest absolute Gasteiger partial charge is 0.436 e. The number of nitrogens with zero attached hydrogens (tertiary/aromatic N) is 3. The Bertz CT molecular complexity index is 739. The lowest BCUT2D eigenvalue weighted by Crippen LogP contribution is -2.38. The van der Waals surface area contributed by atoms with Gasteiger partial charge in [0.05, 0.1) is 65.8 Å². The highest BCUT2D eigenvalue weighted by atomic mass is 32.1. The fraction of sp³-hybridized carbons (Fsp3) is 0.840. The van der Waals surface area contributed by atoms with Gasteiger partial charge in [0.25, 0.3) is 0 Å². The molecular weight excluding hydrogens is 518 g/mol. The third-order valence-electron chi connectivity index (χ3n) is 5.90. The Morgan fingerprint density at radius 3 is 1.87 bits per heavy atom. The van der Waals surface area contributed by atoms with Gasteiger partial charge in [-0.05, 0) is 12.8 Å². The van der Waals surface area contributed by atoms with Crippen molar-refractivity contribution >= 4 is 36.4 Å². The number of amides is 4. The van der Waals surface area contributed by atoms with E-state index in [1.807, 2.05) is 13.8 Å². The van der Waals surface area contributed by atoms with Crippen LogP contribution in [0.3, 0.4) is 0 Å². The van der Waals surface area contributed by atoms with Crippen molar-refractivity contribution in [2.24, 2.45) is 11.8 Å². The Balaban J connectivity index is 1.92. The van der Waals surface area contributed by atoms with Crippen molar-refractivity contribution in [3.63, 3.8) is 0 Å². The first-order chi connectivity index (χ1) is 18.0. The molecule has 220 valence electrons. The molecule has 1 aliphatic rings. The molecule has 0 spiro atoms. The van der Waals surface area contributed by atoms with E-state index in [9.17, 15) is 19.2 Å². The number of likely N-dealkylation sites (N-methyl/N-ethyl adjacent to an activating group) is 2. The molecule has 0 saturated carbocycles. The number of carbonyl (C=O) groups excluding carboxylic acids is 4. The first-order valence-electron chi connectivity index (χ1n) is 13.0. The molecule has 0 aromatic carbocycles. The molecule has 1 saturated heterocycles.